The van der Waals surface area contributed by atoms with Gasteiger partial charge in [0.2, 0.25) is 0 Å². The predicted octanol–water partition coefficient (Wildman–Crippen LogP) is 3.01. The Bertz CT molecular complexity index is 388. The molecule has 0 fully saturated rings. The van der Waals surface area contributed by atoms with Crippen molar-refractivity contribution in [2.24, 2.45) is 0 Å². The third kappa shape index (κ3) is 7.36. The molecular weight excluding hydrogens is 284 g/mol. The molecule has 0 amide bonds. The number of ether oxygens (including phenoxy) is 2. The minimum Gasteiger partial charge on any atom is -0.382 e. The third-order valence-corrected chi connectivity index (χ3v) is 4.15. The van der Waals surface area contributed by atoms with Crippen LogP contribution in [0.2, 0.25) is 0 Å². The second kappa shape index (κ2) is 9.51. The Morgan fingerprint density at radius 1 is 1.29 bits per heavy atom. The topological polar surface area (TPSA) is 43.4 Å². The van der Waals surface area contributed by atoms with Gasteiger partial charge in [0.1, 0.15) is 0 Å². The molecule has 122 valence electrons. The van der Waals surface area contributed by atoms with Crippen LogP contribution in [0.25, 0.3) is 0 Å². The monoisotopic (exact) mass is 314 g/mol. The molecule has 1 aromatic heterocycles. The van der Waals surface area contributed by atoms with Gasteiger partial charge in [0, 0.05) is 37.0 Å². The molecule has 0 radical (unpaired) electrons. The van der Waals surface area contributed by atoms with Crippen LogP contribution < -0.4 is 5.32 Å². The number of hydrogen-bond donors (Lipinski definition) is 1. The van der Waals surface area contributed by atoms with Gasteiger partial charge in [-0.2, -0.15) is 0 Å². The lowest BCUT2D eigenvalue weighted by Crippen LogP contribution is -2.32. The summed E-state index contributed by atoms with van der Waals surface area (Å²) in [4.78, 5) is 4.78. The average Bonchev–Trinajstić information content (AvgIpc) is 2.87. The molecule has 0 aromatic carbocycles. The standard InChI is InChI=1S/C16H30N2O2S/c1-6-17-13(7-8-20-10-9-19-5)11-15-18-14(12-21-15)16(2,3)4/h12-13,17H,6-11H2,1-5H3. The molecule has 0 aliphatic carbocycles. The Balaban J connectivity index is 2.44. The molecule has 1 N–H and O–H groups in total. The van der Waals surface area contributed by atoms with Gasteiger partial charge in [0.05, 0.1) is 23.9 Å². The minimum absolute atomic E-state index is 0.131. The second-order valence-corrected chi connectivity index (χ2v) is 7.17. The molecule has 0 spiro atoms. The van der Waals surface area contributed by atoms with Gasteiger partial charge in [0.15, 0.2) is 0 Å². The highest BCUT2D eigenvalue weighted by atomic mass is 32.1. The average molecular weight is 314 g/mol. The highest BCUT2D eigenvalue weighted by molar-refractivity contribution is 7.09. The fourth-order valence-corrected chi connectivity index (χ4v) is 3.10. The SMILES string of the molecule is CCNC(CCOCCOC)Cc1nc(C(C)(C)C)cs1. The molecule has 1 aromatic rings. The summed E-state index contributed by atoms with van der Waals surface area (Å²) in [6.07, 6.45) is 1.98. The zero-order chi connectivity index (χ0) is 15.7. The van der Waals surface area contributed by atoms with Crippen molar-refractivity contribution in [3.8, 4) is 0 Å². The number of thiazole rings is 1. The van der Waals surface area contributed by atoms with E-state index in [0.29, 0.717) is 19.3 Å². The summed E-state index contributed by atoms with van der Waals surface area (Å²) in [7, 11) is 1.69. The maximum absolute atomic E-state index is 5.57. The van der Waals surface area contributed by atoms with E-state index in [1.807, 2.05) is 0 Å². The number of nitrogens with one attached hydrogen (secondary N) is 1. The summed E-state index contributed by atoms with van der Waals surface area (Å²) in [6.45, 7) is 11.8. The van der Waals surface area contributed by atoms with E-state index in [9.17, 15) is 0 Å². The summed E-state index contributed by atoms with van der Waals surface area (Å²) >= 11 is 1.77. The lowest BCUT2D eigenvalue weighted by molar-refractivity contribution is 0.0659. The lowest BCUT2D eigenvalue weighted by Gasteiger charge is -2.17. The van der Waals surface area contributed by atoms with E-state index in [2.05, 4.69) is 38.4 Å². The van der Waals surface area contributed by atoms with Crippen LogP contribution in [-0.2, 0) is 21.3 Å². The fraction of sp³-hybridized carbons (Fsp3) is 0.812. The second-order valence-electron chi connectivity index (χ2n) is 6.23. The summed E-state index contributed by atoms with van der Waals surface area (Å²) in [5.41, 5.74) is 1.32. The smallest absolute Gasteiger partial charge is 0.0944 e. The van der Waals surface area contributed by atoms with Crippen molar-refractivity contribution in [3.63, 3.8) is 0 Å². The number of aromatic nitrogens is 1. The van der Waals surface area contributed by atoms with E-state index < -0.39 is 0 Å². The van der Waals surface area contributed by atoms with Gasteiger partial charge in [-0.15, -0.1) is 11.3 Å². The number of likely N-dealkylation sites (N-methyl/N-ethyl adjacent to an activating group) is 1. The van der Waals surface area contributed by atoms with Crippen LogP contribution in [0.5, 0.6) is 0 Å². The van der Waals surface area contributed by atoms with Gasteiger partial charge in [-0.1, -0.05) is 27.7 Å². The van der Waals surface area contributed by atoms with Gasteiger partial charge < -0.3 is 14.8 Å². The molecule has 0 saturated heterocycles. The highest BCUT2D eigenvalue weighted by Gasteiger charge is 2.18. The first-order valence-electron chi connectivity index (χ1n) is 7.72. The number of nitrogens with zero attached hydrogens (tertiary/aromatic N) is 1. The highest BCUT2D eigenvalue weighted by Crippen LogP contribution is 2.24. The Morgan fingerprint density at radius 3 is 2.62 bits per heavy atom. The van der Waals surface area contributed by atoms with Crippen LogP contribution in [-0.4, -0.2) is 44.5 Å². The first-order valence-corrected chi connectivity index (χ1v) is 8.60. The molecule has 1 atom stereocenters. The Morgan fingerprint density at radius 2 is 2.05 bits per heavy atom. The number of methoxy groups -OCH3 is 1. The van der Waals surface area contributed by atoms with Crippen molar-refractivity contribution in [1.29, 1.82) is 0 Å². The summed E-state index contributed by atoms with van der Waals surface area (Å²) in [5.74, 6) is 0. The zero-order valence-corrected chi connectivity index (χ0v) is 14.9. The summed E-state index contributed by atoms with van der Waals surface area (Å²) in [6, 6.07) is 0.427. The van der Waals surface area contributed by atoms with Gasteiger partial charge in [-0.05, 0) is 13.0 Å². The van der Waals surface area contributed by atoms with E-state index in [1.54, 1.807) is 18.4 Å². The molecule has 21 heavy (non-hydrogen) atoms. The van der Waals surface area contributed by atoms with Gasteiger partial charge in [-0.25, -0.2) is 4.98 Å². The molecule has 1 heterocycles. The molecule has 1 unspecified atom stereocenters. The van der Waals surface area contributed by atoms with E-state index in [4.69, 9.17) is 14.5 Å². The normalized spacial score (nSPS) is 13.6. The Hall–Kier alpha value is -0.490. The van der Waals surface area contributed by atoms with Crippen molar-refractivity contribution >= 4 is 11.3 Å². The van der Waals surface area contributed by atoms with Crippen LogP contribution in [0.4, 0.5) is 0 Å². The molecule has 4 nitrogen and oxygen atoms in total. The van der Waals surface area contributed by atoms with Crippen molar-refractivity contribution in [3.05, 3.63) is 16.1 Å². The third-order valence-electron chi connectivity index (χ3n) is 3.28. The van der Waals surface area contributed by atoms with Crippen molar-refractivity contribution in [2.45, 2.75) is 52.0 Å². The van der Waals surface area contributed by atoms with E-state index in [-0.39, 0.29) is 5.41 Å². The molecular formula is C16H30N2O2S. The molecule has 1 rings (SSSR count). The quantitative estimate of drug-likeness (QED) is 0.674. The minimum atomic E-state index is 0.131. The fourth-order valence-electron chi connectivity index (χ4n) is 1.99. The summed E-state index contributed by atoms with van der Waals surface area (Å²) < 4.78 is 10.5. The molecule has 0 aliphatic heterocycles. The van der Waals surface area contributed by atoms with E-state index in [0.717, 1.165) is 26.0 Å². The van der Waals surface area contributed by atoms with Crippen LogP contribution in [0, 0.1) is 0 Å². The Labute approximate surface area is 133 Å². The lowest BCUT2D eigenvalue weighted by atomic mass is 9.93. The van der Waals surface area contributed by atoms with Crippen LogP contribution in [0.1, 0.15) is 44.8 Å². The number of hydrogen-bond acceptors (Lipinski definition) is 5. The van der Waals surface area contributed by atoms with Crippen LogP contribution in [0.15, 0.2) is 5.38 Å². The maximum atomic E-state index is 5.57. The van der Waals surface area contributed by atoms with Crippen molar-refractivity contribution < 1.29 is 9.47 Å². The maximum Gasteiger partial charge on any atom is 0.0944 e. The molecule has 0 bridgehead atoms. The molecule has 0 aliphatic rings. The summed E-state index contributed by atoms with van der Waals surface area (Å²) in [5, 5.41) is 6.92. The van der Waals surface area contributed by atoms with Crippen LogP contribution in [0.3, 0.4) is 0 Å². The van der Waals surface area contributed by atoms with Crippen molar-refractivity contribution in [2.75, 3.05) is 33.5 Å². The number of rotatable bonds is 10. The van der Waals surface area contributed by atoms with E-state index in [1.165, 1.54) is 10.7 Å². The van der Waals surface area contributed by atoms with Gasteiger partial charge >= 0.3 is 0 Å². The Kier molecular flexibility index (Phi) is 8.41. The van der Waals surface area contributed by atoms with Crippen molar-refractivity contribution in [1.82, 2.24) is 10.3 Å². The predicted molar refractivity (Wildman–Crippen MR) is 89.3 cm³/mol. The first kappa shape index (κ1) is 18.6. The van der Waals surface area contributed by atoms with Gasteiger partial charge in [-0.3, -0.25) is 0 Å². The largest absolute Gasteiger partial charge is 0.382 e. The zero-order valence-electron chi connectivity index (χ0n) is 14.1. The molecule has 0 saturated carbocycles. The molecule has 5 heteroatoms. The van der Waals surface area contributed by atoms with Gasteiger partial charge in [0.25, 0.3) is 0 Å². The van der Waals surface area contributed by atoms with Crippen LogP contribution >= 0.6 is 11.3 Å². The first-order chi connectivity index (χ1) is 9.97. The van der Waals surface area contributed by atoms with E-state index >= 15 is 0 Å².